The van der Waals surface area contributed by atoms with Gasteiger partial charge in [0.2, 0.25) is 0 Å². The van der Waals surface area contributed by atoms with E-state index in [9.17, 15) is 0 Å². The number of fused-ring (bicyclic) bond motifs is 1. The van der Waals surface area contributed by atoms with Gasteiger partial charge in [-0.1, -0.05) is 0 Å². The third-order valence-corrected chi connectivity index (χ3v) is 24.9. The van der Waals surface area contributed by atoms with Crippen LogP contribution in [0.4, 0.5) is 0 Å². The Labute approximate surface area is 176 Å². The zero-order chi connectivity index (χ0) is 18.3. The summed E-state index contributed by atoms with van der Waals surface area (Å²) in [5, 5.41) is 0. The van der Waals surface area contributed by atoms with E-state index in [0.717, 1.165) is 6.61 Å². The molecule has 0 spiro atoms. The van der Waals surface area contributed by atoms with Crippen LogP contribution >= 0.6 is 24.8 Å². The number of halogens is 2. The van der Waals surface area contributed by atoms with Gasteiger partial charge in [0.25, 0.3) is 0 Å². The van der Waals surface area contributed by atoms with Crippen LogP contribution in [0.15, 0.2) is 30.3 Å². The molecule has 2 nitrogen and oxygen atoms in total. The predicted octanol–water partition coefficient (Wildman–Crippen LogP) is 5.46. The molecule has 1 aliphatic rings. The summed E-state index contributed by atoms with van der Waals surface area (Å²) in [5.74, 6) is 0. The Kier molecular flexibility index (Phi) is 9.34. The minimum atomic E-state index is -3.27. The fourth-order valence-corrected chi connectivity index (χ4v) is 24.5. The third kappa shape index (κ3) is 6.99. The predicted molar refractivity (Wildman–Crippen MR) is 124 cm³/mol. The van der Waals surface area contributed by atoms with Gasteiger partial charge in [0.15, 0.2) is 0 Å². The second kappa shape index (κ2) is 9.07. The van der Waals surface area contributed by atoms with Crippen LogP contribution in [0.2, 0.25) is 28.4 Å². The van der Waals surface area contributed by atoms with E-state index in [4.69, 9.17) is 4.43 Å². The molecule has 1 aromatic carbocycles. The maximum absolute atomic E-state index is 6.28. The zero-order valence-corrected chi connectivity index (χ0v) is 23.9. The molecular weight excluding hydrogens is 477 g/mol. The Balaban J connectivity index is 0.00000312. The van der Waals surface area contributed by atoms with Gasteiger partial charge in [-0.15, -0.1) is 24.8 Å². The molecule has 1 atom stereocenters. The maximum atomic E-state index is 6.28. The summed E-state index contributed by atoms with van der Waals surface area (Å²) in [6.45, 7) is 17.0. The van der Waals surface area contributed by atoms with E-state index in [1.807, 2.05) is 0 Å². The molecule has 0 aliphatic heterocycles. The molecule has 1 aromatic rings. The Hall–Kier alpha value is 0.777. The first-order valence-corrected chi connectivity index (χ1v) is 25.2. The van der Waals surface area contributed by atoms with Gasteiger partial charge in [-0.05, 0) is 0 Å². The van der Waals surface area contributed by atoms with Crippen LogP contribution in [-0.4, -0.2) is 27.3 Å². The van der Waals surface area contributed by atoms with Gasteiger partial charge in [-0.3, -0.25) is 0 Å². The van der Waals surface area contributed by atoms with E-state index in [2.05, 4.69) is 91.6 Å². The van der Waals surface area contributed by atoms with Gasteiger partial charge in [-0.2, -0.15) is 0 Å². The normalized spacial score (nSPS) is 17.3. The second-order valence-corrected chi connectivity index (χ2v) is 41.3. The van der Waals surface area contributed by atoms with Crippen LogP contribution < -0.4 is 3.26 Å². The van der Waals surface area contributed by atoms with E-state index in [0.29, 0.717) is 3.63 Å². The summed E-state index contributed by atoms with van der Waals surface area (Å²) in [7, 11) is -1.47. The quantitative estimate of drug-likeness (QED) is 0.510. The van der Waals surface area contributed by atoms with Crippen molar-refractivity contribution in [3.63, 3.8) is 0 Å². The molecule has 7 heteroatoms. The van der Waals surface area contributed by atoms with Gasteiger partial charge in [-0.25, -0.2) is 0 Å². The molecule has 26 heavy (non-hydrogen) atoms. The number of rotatable bonds is 6. The molecule has 1 aliphatic carbocycles. The Morgan fingerprint density at radius 1 is 1.15 bits per heavy atom. The van der Waals surface area contributed by atoms with E-state index >= 15 is 0 Å². The number of hydrogen-bond donors (Lipinski definition) is 1. The number of benzene rings is 1. The molecule has 0 bridgehead atoms. The average molecular weight is 514 g/mol. The molecular formula is C19H37Cl2NOSi2Zr. The summed E-state index contributed by atoms with van der Waals surface area (Å²) in [4.78, 5) is 0. The number of allylic oxidation sites excluding steroid dienone is 1. The summed E-state index contributed by atoms with van der Waals surface area (Å²) in [5.41, 5.74) is 3.05. The van der Waals surface area contributed by atoms with Gasteiger partial charge in [0.1, 0.15) is 0 Å². The van der Waals surface area contributed by atoms with Crippen LogP contribution in [0.3, 0.4) is 0 Å². The standard InChI is InChI=1S/C9H7.C5H13OSi.C4H10N.CH3.2ClH.H2Si.Zr/c1-2-5-9-7-3-6-8(9)4-1;1-5-6-7(2,3)4;1-4(2,3)5;;;;;/h1-7H;1,5H2,2-4H3;5H,1-3H3;1H3;2*1H;1H2;/q;;-1;;;;;+1. The largest absolute Gasteiger partial charge is 0.147 e. The van der Waals surface area contributed by atoms with Crippen molar-refractivity contribution in [3.05, 3.63) is 41.5 Å². The van der Waals surface area contributed by atoms with Crippen molar-refractivity contribution in [1.29, 1.82) is 0 Å². The summed E-state index contributed by atoms with van der Waals surface area (Å²) >= 11 is -3.27. The van der Waals surface area contributed by atoms with Crippen molar-refractivity contribution in [2.45, 2.75) is 58.3 Å². The molecule has 0 heterocycles. The van der Waals surface area contributed by atoms with Gasteiger partial charge in [0.05, 0.1) is 0 Å². The summed E-state index contributed by atoms with van der Waals surface area (Å²) in [6.07, 6.45) is 4.80. The average Bonchev–Trinajstić information content (AvgIpc) is 2.79. The monoisotopic (exact) mass is 511 g/mol. The molecule has 150 valence electrons. The fraction of sp³-hybridized carbons (Fsp3) is 0.579. The Morgan fingerprint density at radius 2 is 1.73 bits per heavy atom. The van der Waals surface area contributed by atoms with Crippen molar-refractivity contribution in [1.82, 2.24) is 3.26 Å². The molecule has 2 rings (SSSR count). The molecule has 0 amide bonds. The summed E-state index contributed by atoms with van der Waals surface area (Å²) < 4.78 is 14.8. The Morgan fingerprint density at radius 3 is 2.27 bits per heavy atom. The van der Waals surface area contributed by atoms with E-state index in [-0.39, 0.29) is 30.4 Å². The minimum Gasteiger partial charge on any atom is -0.147 e. The van der Waals surface area contributed by atoms with Gasteiger partial charge in [0, 0.05) is 0 Å². The molecule has 0 radical (unpaired) electrons. The van der Waals surface area contributed by atoms with Crippen LogP contribution in [0.5, 0.6) is 0 Å². The van der Waals surface area contributed by atoms with Crippen LogP contribution in [-0.2, 0) is 22.1 Å². The zero-order valence-electron chi connectivity index (χ0n) is 17.4. The molecule has 0 aromatic heterocycles. The van der Waals surface area contributed by atoms with Crippen LogP contribution in [0.1, 0.15) is 35.5 Å². The van der Waals surface area contributed by atoms with Gasteiger partial charge >= 0.3 is 153 Å². The molecule has 0 saturated heterocycles. The van der Waals surface area contributed by atoms with Gasteiger partial charge < -0.3 is 0 Å². The Bertz CT molecular complexity index is 710. The SMILES string of the molecule is CC(C)(C)[NH][Zr]([CH3])(=[SiH2])([CH2]CO[Si](C)(C)C)[CH]1C=Cc2ccccc21.Cl.Cl. The fourth-order valence-electron chi connectivity index (χ4n) is 4.04. The third-order valence-electron chi connectivity index (χ3n) is 4.79. The first-order chi connectivity index (χ1) is 10.8. The van der Waals surface area contributed by atoms with Crippen molar-refractivity contribution in [3.8, 4) is 0 Å². The topological polar surface area (TPSA) is 21.3 Å². The summed E-state index contributed by atoms with van der Waals surface area (Å²) in [6, 6.07) is 8.91. The van der Waals surface area contributed by atoms with E-state index < -0.39 is 26.0 Å². The molecule has 1 N–H and O–H groups in total. The first kappa shape index (κ1) is 26.8. The smallest absolute Gasteiger partial charge is 0.147 e. The van der Waals surface area contributed by atoms with Crippen molar-refractivity contribution >= 4 is 46.1 Å². The van der Waals surface area contributed by atoms with Crippen LogP contribution in [0.25, 0.3) is 6.08 Å². The van der Waals surface area contributed by atoms with Crippen molar-refractivity contribution < 1.29 is 22.1 Å². The van der Waals surface area contributed by atoms with Crippen LogP contribution in [0, 0.1) is 0 Å². The number of hydrogen-bond acceptors (Lipinski definition) is 2. The maximum Gasteiger partial charge on any atom is -0.147 e. The second-order valence-electron chi connectivity index (χ2n) is 9.95. The van der Waals surface area contributed by atoms with E-state index in [1.54, 1.807) is 0 Å². The molecule has 0 fully saturated rings. The minimum absolute atomic E-state index is 0. The van der Waals surface area contributed by atoms with E-state index in [1.165, 1.54) is 15.3 Å². The number of nitrogens with one attached hydrogen (secondary N) is 1. The first-order valence-electron chi connectivity index (χ1n) is 9.06. The van der Waals surface area contributed by atoms with Crippen molar-refractivity contribution in [2.75, 3.05) is 6.61 Å². The molecule has 1 unspecified atom stereocenters. The van der Waals surface area contributed by atoms with Crippen molar-refractivity contribution in [2.24, 2.45) is 0 Å². The molecule has 0 saturated carbocycles.